The molecule has 0 atom stereocenters. The Balaban J connectivity index is 1.73. The summed E-state index contributed by atoms with van der Waals surface area (Å²) in [5, 5.41) is 4.55. The van der Waals surface area contributed by atoms with Gasteiger partial charge in [0.15, 0.2) is 11.5 Å². The Morgan fingerprint density at radius 1 is 1.45 bits per heavy atom. The minimum Gasteiger partial charge on any atom is -0.485 e. The molecule has 2 N–H and O–H groups in total. The highest BCUT2D eigenvalue weighted by Gasteiger charge is 2.09. The number of amides is 1. The van der Waals surface area contributed by atoms with Gasteiger partial charge in [0.1, 0.15) is 12.4 Å². The molecule has 0 spiro atoms. The van der Waals surface area contributed by atoms with Crippen LogP contribution in [0.1, 0.15) is 21.3 Å². The van der Waals surface area contributed by atoms with Gasteiger partial charge in [0.25, 0.3) is 5.91 Å². The van der Waals surface area contributed by atoms with Crippen LogP contribution in [0.2, 0.25) is 0 Å². The van der Waals surface area contributed by atoms with Gasteiger partial charge >= 0.3 is 0 Å². The van der Waals surface area contributed by atoms with Crippen LogP contribution in [0.15, 0.2) is 28.8 Å². The standard InChI is InChI=1S/C13H11N3O3S/c1-7-15-10-4-8(2-3-12(10)20-7)18-6-9-5-11(13(14)17)16-19-9/h2-5H,6H2,1H3,(H2,14,17). The van der Waals surface area contributed by atoms with Gasteiger partial charge in [-0.3, -0.25) is 4.79 Å². The van der Waals surface area contributed by atoms with Crippen LogP contribution in [0.25, 0.3) is 10.2 Å². The molecule has 102 valence electrons. The molecule has 0 saturated heterocycles. The number of benzene rings is 1. The Morgan fingerprint density at radius 3 is 3.05 bits per heavy atom. The molecule has 2 heterocycles. The van der Waals surface area contributed by atoms with Crippen LogP contribution in [0.4, 0.5) is 0 Å². The molecule has 7 heteroatoms. The molecule has 0 radical (unpaired) electrons. The normalized spacial score (nSPS) is 10.8. The minimum absolute atomic E-state index is 0.0918. The van der Waals surface area contributed by atoms with E-state index in [1.54, 1.807) is 11.3 Å². The zero-order valence-corrected chi connectivity index (χ0v) is 11.4. The molecule has 0 aliphatic heterocycles. The molecular formula is C13H11N3O3S. The van der Waals surface area contributed by atoms with E-state index in [9.17, 15) is 4.79 Å². The summed E-state index contributed by atoms with van der Waals surface area (Å²) in [5.41, 5.74) is 6.08. The van der Waals surface area contributed by atoms with Crippen LogP contribution in [0.3, 0.4) is 0 Å². The van der Waals surface area contributed by atoms with Gasteiger partial charge in [-0.2, -0.15) is 0 Å². The summed E-state index contributed by atoms with van der Waals surface area (Å²) in [6.07, 6.45) is 0. The second-order valence-electron chi connectivity index (χ2n) is 4.19. The maximum atomic E-state index is 10.9. The number of carbonyl (C=O) groups excluding carboxylic acids is 1. The van der Waals surface area contributed by atoms with Crippen molar-refractivity contribution in [1.29, 1.82) is 0 Å². The summed E-state index contributed by atoms with van der Waals surface area (Å²) < 4.78 is 11.6. The Kier molecular flexibility index (Phi) is 3.11. The third kappa shape index (κ3) is 2.48. The van der Waals surface area contributed by atoms with Crippen molar-refractivity contribution in [2.24, 2.45) is 5.73 Å². The quantitative estimate of drug-likeness (QED) is 0.795. The third-order valence-electron chi connectivity index (χ3n) is 2.66. The summed E-state index contributed by atoms with van der Waals surface area (Å²) >= 11 is 1.64. The summed E-state index contributed by atoms with van der Waals surface area (Å²) in [6, 6.07) is 7.16. The lowest BCUT2D eigenvalue weighted by Gasteiger charge is -2.02. The Labute approximate surface area is 118 Å². The number of hydrogen-bond acceptors (Lipinski definition) is 6. The highest BCUT2D eigenvalue weighted by Crippen LogP contribution is 2.25. The average Bonchev–Trinajstić information content (AvgIpc) is 3.00. The largest absolute Gasteiger partial charge is 0.485 e. The number of thiazole rings is 1. The summed E-state index contributed by atoms with van der Waals surface area (Å²) in [7, 11) is 0. The fourth-order valence-corrected chi connectivity index (χ4v) is 2.57. The van der Waals surface area contributed by atoms with E-state index in [4.69, 9.17) is 15.0 Å². The maximum Gasteiger partial charge on any atom is 0.270 e. The third-order valence-corrected chi connectivity index (χ3v) is 3.61. The van der Waals surface area contributed by atoms with Crippen LogP contribution in [-0.2, 0) is 6.61 Å². The number of carbonyl (C=O) groups is 1. The van der Waals surface area contributed by atoms with Gasteiger partial charge in [0.05, 0.1) is 15.2 Å². The lowest BCUT2D eigenvalue weighted by atomic mass is 10.3. The Bertz CT molecular complexity index is 778. The van der Waals surface area contributed by atoms with E-state index >= 15 is 0 Å². The molecule has 0 fully saturated rings. The Hall–Kier alpha value is -2.41. The number of ether oxygens (including phenoxy) is 1. The SMILES string of the molecule is Cc1nc2cc(OCc3cc(C(N)=O)no3)ccc2s1. The van der Waals surface area contributed by atoms with Gasteiger partial charge in [-0.05, 0) is 19.1 Å². The van der Waals surface area contributed by atoms with Crippen molar-refractivity contribution in [3.8, 4) is 5.75 Å². The van der Waals surface area contributed by atoms with Gasteiger partial charge in [0.2, 0.25) is 0 Å². The highest BCUT2D eigenvalue weighted by molar-refractivity contribution is 7.18. The number of aryl methyl sites for hydroxylation is 1. The zero-order chi connectivity index (χ0) is 14.1. The monoisotopic (exact) mass is 289 g/mol. The lowest BCUT2D eigenvalue weighted by molar-refractivity contribution is 0.0991. The van der Waals surface area contributed by atoms with Gasteiger partial charge in [0, 0.05) is 12.1 Å². The molecule has 0 aliphatic rings. The highest BCUT2D eigenvalue weighted by atomic mass is 32.1. The molecule has 20 heavy (non-hydrogen) atoms. The van der Waals surface area contributed by atoms with Gasteiger partial charge in [-0.25, -0.2) is 4.98 Å². The van der Waals surface area contributed by atoms with Crippen molar-refractivity contribution in [3.05, 3.63) is 40.7 Å². The van der Waals surface area contributed by atoms with Gasteiger partial charge in [-0.15, -0.1) is 11.3 Å². The smallest absolute Gasteiger partial charge is 0.270 e. The Morgan fingerprint density at radius 2 is 2.30 bits per heavy atom. The maximum absolute atomic E-state index is 10.9. The van der Waals surface area contributed by atoms with E-state index in [0.29, 0.717) is 11.5 Å². The average molecular weight is 289 g/mol. The number of aromatic nitrogens is 2. The van der Waals surface area contributed by atoms with Crippen molar-refractivity contribution in [2.75, 3.05) is 0 Å². The van der Waals surface area contributed by atoms with E-state index in [-0.39, 0.29) is 12.3 Å². The second kappa shape index (κ2) is 4.93. The van der Waals surface area contributed by atoms with Crippen molar-refractivity contribution in [3.63, 3.8) is 0 Å². The summed E-state index contributed by atoms with van der Waals surface area (Å²) in [5.74, 6) is 0.493. The van der Waals surface area contributed by atoms with E-state index in [2.05, 4.69) is 10.1 Å². The number of primary amides is 1. The molecule has 3 rings (SSSR count). The number of rotatable bonds is 4. The summed E-state index contributed by atoms with van der Waals surface area (Å²) in [6.45, 7) is 2.14. The van der Waals surface area contributed by atoms with Crippen LogP contribution in [-0.4, -0.2) is 16.0 Å². The van der Waals surface area contributed by atoms with Crippen molar-refractivity contribution in [1.82, 2.24) is 10.1 Å². The van der Waals surface area contributed by atoms with E-state index < -0.39 is 5.91 Å². The van der Waals surface area contributed by atoms with E-state index in [1.807, 2.05) is 25.1 Å². The molecule has 0 aliphatic carbocycles. The van der Waals surface area contributed by atoms with Crippen molar-refractivity contribution < 1.29 is 14.1 Å². The number of fused-ring (bicyclic) bond motifs is 1. The molecule has 0 bridgehead atoms. The van der Waals surface area contributed by atoms with E-state index in [1.165, 1.54) is 6.07 Å². The fraction of sp³-hybridized carbons (Fsp3) is 0.154. The first-order valence-electron chi connectivity index (χ1n) is 5.87. The zero-order valence-electron chi connectivity index (χ0n) is 10.6. The molecule has 6 nitrogen and oxygen atoms in total. The predicted molar refractivity (Wildman–Crippen MR) is 73.7 cm³/mol. The van der Waals surface area contributed by atoms with Crippen LogP contribution >= 0.6 is 11.3 Å². The van der Waals surface area contributed by atoms with Crippen molar-refractivity contribution >= 4 is 27.5 Å². The molecule has 1 amide bonds. The van der Waals surface area contributed by atoms with Gasteiger partial charge < -0.3 is 15.0 Å². The molecule has 2 aromatic heterocycles. The minimum atomic E-state index is -0.626. The van der Waals surface area contributed by atoms with Crippen LogP contribution < -0.4 is 10.5 Å². The first kappa shape index (κ1) is 12.6. The number of nitrogens with zero attached hydrogens (tertiary/aromatic N) is 2. The van der Waals surface area contributed by atoms with E-state index in [0.717, 1.165) is 15.2 Å². The second-order valence-corrected chi connectivity index (χ2v) is 5.43. The first-order valence-corrected chi connectivity index (χ1v) is 6.69. The molecular weight excluding hydrogens is 278 g/mol. The molecule has 0 saturated carbocycles. The van der Waals surface area contributed by atoms with Crippen LogP contribution in [0, 0.1) is 6.92 Å². The molecule has 1 aromatic carbocycles. The first-order chi connectivity index (χ1) is 9.61. The van der Waals surface area contributed by atoms with Gasteiger partial charge in [-0.1, -0.05) is 5.16 Å². The topological polar surface area (TPSA) is 91.2 Å². The lowest BCUT2D eigenvalue weighted by Crippen LogP contribution is -2.10. The van der Waals surface area contributed by atoms with Crippen molar-refractivity contribution in [2.45, 2.75) is 13.5 Å². The van der Waals surface area contributed by atoms with Crippen LogP contribution in [0.5, 0.6) is 5.75 Å². The summed E-state index contributed by atoms with van der Waals surface area (Å²) in [4.78, 5) is 15.3. The number of nitrogens with two attached hydrogens (primary N) is 1. The fourth-order valence-electron chi connectivity index (χ4n) is 1.76. The number of hydrogen-bond donors (Lipinski definition) is 1. The predicted octanol–water partition coefficient (Wildman–Crippen LogP) is 2.27. The molecule has 0 unspecified atom stereocenters. The molecule has 3 aromatic rings.